The van der Waals surface area contributed by atoms with Crippen LogP contribution in [0.15, 0.2) is 12.2 Å². The van der Waals surface area contributed by atoms with Crippen LogP contribution in [-0.4, -0.2) is 12.6 Å². The fraction of sp³-hybridized carbons (Fsp3) is 0.909. The Balaban J connectivity index is 3.05. The summed E-state index contributed by atoms with van der Waals surface area (Å²) >= 11 is 0. The summed E-state index contributed by atoms with van der Waals surface area (Å²) in [6.45, 7) is 8.14. The number of carbonyl (C=O) groups is 1. The van der Waals surface area contributed by atoms with Crippen LogP contribution in [0.5, 0.6) is 0 Å². The Morgan fingerprint density at radius 1 is 0.457 bits per heavy atom. The highest BCUT2D eigenvalue weighted by molar-refractivity contribution is 5.86. The zero-order valence-electron chi connectivity index (χ0n) is 24.3. The van der Waals surface area contributed by atoms with Gasteiger partial charge in [-0.05, 0) is 13.3 Å². The van der Waals surface area contributed by atoms with Gasteiger partial charge in [-0.3, -0.25) is 0 Å². The Morgan fingerprint density at radius 2 is 0.686 bits per heavy atom. The number of unbranched alkanes of at least 4 members (excludes halogenated alkanes) is 26. The molecule has 0 fully saturated rings. The fourth-order valence-corrected chi connectivity index (χ4v) is 4.88. The van der Waals surface area contributed by atoms with E-state index in [-0.39, 0.29) is 5.97 Å². The van der Waals surface area contributed by atoms with Crippen molar-refractivity contribution in [1.29, 1.82) is 0 Å². The van der Waals surface area contributed by atoms with Gasteiger partial charge in [0, 0.05) is 5.57 Å². The topological polar surface area (TPSA) is 26.3 Å². The lowest BCUT2D eigenvalue weighted by Crippen LogP contribution is -2.05. The number of ether oxygens (including phenoxy) is 1. The molecule has 0 aliphatic heterocycles. The van der Waals surface area contributed by atoms with Crippen LogP contribution in [0.2, 0.25) is 0 Å². The third kappa shape index (κ3) is 29.3. The Kier molecular flexibility index (Phi) is 28.8. The zero-order chi connectivity index (χ0) is 25.7. The van der Waals surface area contributed by atoms with Gasteiger partial charge in [-0.25, -0.2) is 4.79 Å². The van der Waals surface area contributed by atoms with Gasteiger partial charge in [-0.15, -0.1) is 0 Å². The van der Waals surface area contributed by atoms with Crippen LogP contribution < -0.4 is 0 Å². The van der Waals surface area contributed by atoms with E-state index in [0.717, 1.165) is 6.42 Å². The molecule has 0 aromatic rings. The lowest BCUT2D eigenvalue weighted by molar-refractivity contribution is -0.139. The maximum Gasteiger partial charge on any atom is 0.333 e. The van der Waals surface area contributed by atoms with Crippen LogP contribution in [-0.2, 0) is 9.53 Å². The second-order valence-electron chi connectivity index (χ2n) is 11.1. The molecule has 0 heterocycles. The SMILES string of the molecule is C=C(C)C(=O)OCCCCCCCCCCCCCCCCCCCCCCCCCCCCC. The Hall–Kier alpha value is -0.790. The van der Waals surface area contributed by atoms with Crippen LogP contribution in [0.4, 0.5) is 0 Å². The molecule has 2 nitrogen and oxygen atoms in total. The molecule has 0 radical (unpaired) electrons. The van der Waals surface area contributed by atoms with E-state index in [9.17, 15) is 4.79 Å². The van der Waals surface area contributed by atoms with Gasteiger partial charge < -0.3 is 4.74 Å². The minimum Gasteiger partial charge on any atom is -0.462 e. The lowest BCUT2D eigenvalue weighted by atomic mass is 10.0. The summed E-state index contributed by atoms with van der Waals surface area (Å²) < 4.78 is 5.12. The van der Waals surface area contributed by atoms with Gasteiger partial charge in [0.05, 0.1) is 6.61 Å². The first-order valence-corrected chi connectivity index (χ1v) is 16.0. The molecule has 0 saturated heterocycles. The maximum atomic E-state index is 11.3. The average Bonchev–Trinajstić information content (AvgIpc) is 2.85. The highest BCUT2D eigenvalue weighted by Gasteiger charge is 2.01. The molecule has 0 spiro atoms. The predicted octanol–water partition coefficient (Wildman–Crippen LogP) is 11.7. The van der Waals surface area contributed by atoms with Crippen LogP contribution in [0.3, 0.4) is 0 Å². The van der Waals surface area contributed by atoms with Crippen molar-refractivity contribution in [2.45, 2.75) is 187 Å². The largest absolute Gasteiger partial charge is 0.462 e. The molecule has 0 aromatic carbocycles. The average molecular weight is 493 g/mol. The van der Waals surface area contributed by atoms with Crippen molar-refractivity contribution in [3.8, 4) is 0 Å². The van der Waals surface area contributed by atoms with E-state index in [1.807, 2.05) is 0 Å². The molecule has 35 heavy (non-hydrogen) atoms. The third-order valence-corrected chi connectivity index (χ3v) is 7.33. The fourth-order valence-electron chi connectivity index (χ4n) is 4.88. The molecule has 2 heteroatoms. The molecule has 0 aliphatic carbocycles. The molecule has 0 N–H and O–H groups in total. The zero-order valence-corrected chi connectivity index (χ0v) is 24.3. The van der Waals surface area contributed by atoms with E-state index >= 15 is 0 Å². The molecule has 208 valence electrons. The van der Waals surface area contributed by atoms with Gasteiger partial charge in [0.15, 0.2) is 0 Å². The molecule has 0 bridgehead atoms. The Bertz CT molecular complexity index is 442. The summed E-state index contributed by atoms with van der Waals surface area (Å²) in [4.78, 5) is 11.3. The standard InChI is InChI=1S/C33H64O2/c1-4-5-6-7-8-9-10-11-12-13-14-15-16-17-18-19-20-21-22-23-24-25-26-27-28-29-30-31-35-33(34)32(2)3/h2,4-31H2,1,3H3. The summed E-state index contributed by atoms with van der Waals surface area (Å²) in [5.41, 5.74) is 0.495. The van der Waals surface area contributed by atoms with Crippen molar-refractivity contribution in [3.63, 3.8) is 0 Å². The lowest BCUT2D eigenvalue weighted by Gasteiger charge is -2.05. The molecular weight excluding hydrogens is 428 g/mol. The van der Waals surface area contributed by atoms with Gasteiger partial charge >= 0.3 is 5.97 Å². The molecule has 0 amide bonds. The first kappa shape index (κ1) is 34.2. The van der Waals surface area contributed by atoms with Gasteiger partial charge in [-0.1, -0.05) is 180 Å². The van der Waals surface area contributed by atoms with Gasteiger partial charge in [0.1, 0.15) is 0 Å². The molecule has 0 aromatic heterocycles. The van der Waals surface area contributed by atoms with Crippen molar-refractivity contribution < 1.29 is 9.53 Å². The summed E-state index contributed by atoms with van der Waals surface area (Å²) in [6.07, 6.45) is 38.1. The van der Waals surface area contributed by atoms with Gasteiger partial charge in [0.2, 0.25) is 0 Å². The van der Waals surface area contributed by atoms with Crippen molar-refractivity contribution in [1.82, 2.24) is 0 Å². The van der Waals surface area contributed by atoms with Gasteiger partial charge in [-0.2, -0.15) is 0 Å². The summed E-state index contributed by atoms with van der Waals surface area (Å²) in [6, 6.07) is 0. The van der Waals surface area contributed by atoms with Crippen molar-refractivity contribution in [2.75, 3.05) is 6.61 Å². The van der Waals surface area contributed by atoms with Crippen LogP contribution >= 0.6 is 0 Å². The quantitative estimate of drug-likeness (QED) is 0.0589. The second kappa shape index (κ2) is 29.4. The second-order valence-corrected chi connectivity index (χ2v) is 11.1. The van der Waals surface area contributed by atoms with E-state index in [0.29, 0.717) is 12.2 Å². The van der Waals surface area contributed by atoms with Crippen LogP contribution in [0.1, 0.15) is 187 Å². The Morgan fingerprint density at radius 3 is 0.914 bits per heavy atom. The minimum absolute atomic E-state index is 0.250. The molecular formula is C33H64O2. The molecule has 0 atom stereocenters. The van der Waals surface area contributed by atoms with Crippen molar-refractivity contribution >= 4 is 5.97 Å². The minimum atomic E-state index is -0.250. The summed E-state index contributed by atoms with van der Waals surface area (Å²) in [7, 11) is 0. The number of esters is 1. The number of carbonyl (C=O) groups excluding carboxylic acids is 1. The van der Waals surface area contributed by atoms with Crippen molar-refractivity contribution in [3.05, 3.63) is 12.2 Å². The van der Waals surface area contributed by atoms with Crippen molar-refractivity contribution in [2.24, 2.45) is 0 Å². The molecule has 0 rings (SSSR count). The van der Waals surface area contributed by atoms with Gasteiger partial charge in [0.25, 0.3) is 0 Å². The monoisotopic (exact) mass is 492 g/mol. The van der Waals surface area contributed by atoms with Crippen LogP contribution in [0, 0.1) is 0 Å². The van der Waals surface area contributed by atoms with E-state index in [4.69, 9.17) is 4.74 Å². The number of rotatable bonds is 29. The third-order valence-electron chi connectivity index (χ3n) is 7.33. The predicted molar refractivity (Wildman–Crippen MR) is 156 cm³/mol. The summed E-state index contributed by atoms with van der Waals surface area (Å²) in [5, 5.41) is 0. The highest BCUT2D eigenvalue weighted by Crippen LogP contribution is 2.16. The van der Waals surface area contributed by atoms with E-state index in [1.165, 1.54) is 167 Å². The number of hydrogen-bond donors (Lipinski definition) is 0. The first-order chi connectivity index (χ1) is 17.2. The van der Waals surface area contributed by atoms with E-state index in [2.05, 4.69) is 13.5 Å². The first-order valence-electron chi connectivity index (χ1n) is 16.0. The maximum absolute atomic E-state index is 11.3. The van der Waals surface area contributed by atoms with E-state index in [1.54, 1.807) is 6.92 Å². The number of hydrogen-bond acceptors (Lipinski definition) is 2. The molecule has 0 unspecified atom stereocenters. The Labute approximate surface area is 221 Å². The molecule has 0 saturated carbocycles. The van der Waals surface area contributed by atoms with Crippen LogP contribution in [0.25, 0.3) is 0 Å². The normalized spacial score (nSPS) is 11.1. The van der Waals surface area contributed by atoms with E-state index < -0.39 is 0 Å². The molecule has 0 aliphatic rings. The smallest absolute Gasteiger partial charge is 0.333 e. The summed E-state index contributed by atoms with van der Waals surface area (Å²) in [5.74, 6) is -0.250. The highest BCUT2D eigenvalue weighted by atomic mass is 16.5.